The fraction of sp³-hybridized carbons (Fsp3) is 1.00. The van der Waals surface area contributed by atoms with Gasteiger partial charge in [-0.15, -0.1) is 0 Å². The molecule has 0 aliphatic heterocycles. The number of fused-ring (bicyclic) bond motifs is 10. The van der Waals surface area contributed by atoms with E-state index in [4.69, 9.17) is 5.11 Å². The first-order chi connectivity index (χ1) is 10.4. The highest BCUT2D eigenvalue weighted by molar-refractivity contribution is 5.26. The van der Waals surface area contributed by atoms with E-state index in [2.05, 4.69) is 0 Å². The zero-order valence-corrected chi connectivity index (χ0v) is 13.4. The standard InChI is InChI=1S/C20H32O/c21-10-6-4-2-1-3-5-7-12-11-15-16(12)20-18-14-9-8-13(14)17(18)19(15)20/h12-21H,1-11H2. The minimum Gasteiger partial charge on any atom is -0.396 e. The van der Waals surface area contributed by atoms with Gasteiger partial charge in [-0.25, -0.2) is 0 Å². The molecule has 1 nitrogen and oxygen atoms in total. The lowest BCUT2D eigenvalue weighted by Crippen LogP contribution is -2.80. The van der Waals surface area contributed by atoms with Crippen LogP contribution in [-0.4, -0.2) is 11.7 Å². The van der Waals surface area contributed by atoms with Gasteiger partial charge in [-0.1, -0.05) is 38.5 Å². The van der Waals surface area contributed by atoms with Gasteiger partial charge in [0.05, 0.1) is 0 Å². The average Bonchev–Trinajstić information content (AvgIpc) is 2.44. The van der Waals surface area contributed by atoms with Gasteiger partial charge in [-0.2, -0.15) is 0 Å². The highest BCUT2D eigenvalue weighted by Gasteiger charge is 2.79. The Bertz CT molecular complexity index is 399. The minimum atomic E-state index is 0.387. The lowest BCUT2D eigenvalue weighted by molar-refractivity contribution is -0.375. The van der Waals surface area contributed by atoms with Gasteiger partial charge in [0.25, 0.3) is 0 Å². The maximum absolute atomic E-state index is 8.78. The SMILES string of the molecule is OCCCCCCCCC1CC2C1C1C3C4CCC4C3C21. The predicted octanol–water partition coefficient (Wildman–Crippen LogP) is 4.49. The number of aliphatic hydroxyl groups excluding tert-OH is 1. The summed E-state index contributed by atoms with van der Waals surface area (Å²) in [4.78, 5) is 0. The van der Waals surface area contributed by atoms with Gasteiger partial charge in [-0.3, -0.25) is 0 Å². The Morgan fingerprint density at radius 2 is 1.24 bits per heavy atom. The summed E-state index contributed by atoms with van der Waals surface area (Å²) in [5.74, 6) is 11.0. The largest absolute Gasteiger partial charge is 0.396 e. The van der Waals surface area contributed by atoms with Crippen molar-refractivity contribution in [2.75, 3.05) is 6.61 Å². The van der Waals surface area contributed by atoms with Crippen LogP contribution in [0.3, 0.4) is 0 Å². The molecule has 118 valence electrons. The monoisotopic (exact) mass is 288 g/mol. The van der Waals surface area contributed by atoms with Crippen LogP contribution in [0.15, 0.2) is 0 Å². The first kappa shape index (κ1) is 13.4. The molecule has 1 N–H and O–H groups in total. The molecule has 0 aromatic rings. The number of aliphatic hydroxyl groups is 1. The molecule has 5 rings (SSSR count). The molecule has 0 aromatic carbocycles. The molecule has 0 radical (unpaired) electrons. The quantitative estimate of drug-likeness (QED) is 0.515. The number of hydrogen-bond acceptors (Lipinski definition) is 1. The fourth-order valence-electron chi connectivity index (χ4n) is 7.69. The molecule has 0 spiro atoms. The maximum atomic E-state index is 8.78. The predicted molar refractivity (Wildman–Crippen MR) is 84.7 cm³/mol. The van der Waals surface area contributed by atoms with E-state index >= 15 is 0 Å². The van der Waals surface area contributed by atoms with E-state index in [0.29, 0.717) is 6.61 Å². The van der Waals surface area contributed by atoms with Gasteiger partial charge in [0.2, 0.25) is 0 Å². The number of unbranched alkanes of at least 4 members (excludes halogenated alkanes) is 5. The molecule has 0 amide bonds. The van der Waals surface area contributed by atoms with Crippen LogP contribution in [-0.2, 0) is 0 Å². The van der Waals surface area contributed by atoms with Crippen LogP contribution in [0.25, 0.3) is 0 Å². The second-order valence-corrected chi connectivity index (χ2v) is 9.09. The van der Waals surface area contributed by atoms with Gasteiger partial charge in [0.15, 0.2) is 0 Å². The average molecular weight is 288 g/mol. The van der Waals surface area contributed by atoms with E-state index in [9.17, 15) is 0 Å². The maximum Gasteiger partial charge on any atom is 0.0431 e. The third kappa shape index (κ3) is 1.68. The summed E-state index contributed by atoms with van der Waals surface area (Å²) in [7, 11) is 0. The lowest BCUT2D eigenvalue weighted by Gasteiger charge is -2.85. The molecule has 5 aliphatic carbocycles. The van der Waals surface area contributed by atoms with Crippen molar-refractivity contribution in [1.29, 1.82) is 0 Å². The molecule has 0 saturated heterocycles. The Balaban J connectivity index is 1.02. The van der Waals surface area contributed by atoms with Crippen molar-refractivity contribution >= 4 is 0 Å². The first-order valence-electron chi connectivity index (χ1n) is 10.0. The Labute approximate surface area is 129 Å². The van der Waals surface area contributed by atoms with Crippen LogP contribution in [0.4, 0.5) is 0 Å². The Hall–Kier alpha value is -0.0400. The third-order valence-electron chi connectivity index (χ3n) is 8.69. The van der Waals surface area contributed by atoms with Crippen LogP contribution in [0, 0.1) is 53.3 Å². The van der Waals surface area contributed by atoms with Gasteiger partial charge in [-0.05, 0) is 78.9 Å². The van der Waals surface area contributed by atoms with E-state index in [1.807, 2.05) is 0 Å². The summed E-state index contributed by atoms with van der Waals surface area (Å²) in [6, 6.07) is 0. The lowest BCUT2D eigenvalue weighted by atomic mass is 9.20. The Morgan fingerprint density at radius 1 is 0.619 bits per heavy atom. The number of rotatable bonds is 8. The van der Waals surface area contributed by atoms with Crippen LogP contribution in [0.1, 0.15) is 64.2 Å². The molecular formula is C20H32O. The minimum absolute atomic E-state index is 0.387. The molecule has 5 aliphatic rings. The van der Waals surface area contributed by atoms with Crippen molar-refractivity contribution in [3.05, 3.63) is 0 Å². The molecule has 9 unspecified atom stereocenters. The Kier molecular flexibility index (Phi) is 3.18. The summed E-state index contributed by atoms with van der Waals surface area (Å²) in [5, 5.41) is 8.78. The molecule has 0 aromatic heterocycles. The molecular weight excluding hydrogens is 256 g/mol. The molecule has 0 bridgehead atoms. The molecule has 0 heterocycles. The smallest absolute Gasteiger partial charge is 0.0431 e. The van der Waals surface area contributed by atoms with Gasteiger partial charge < -0.3 is 5.11 Å². The topological polar surface area (TPSA) is 20.2 Å². The highest BCUT2D eigenvalue weighted by Crippen LogP contribution is 2.84. The van der Waals surface area contributed by atoms with Gasteiger partial charge >= 0.3 is 0 Å². The first-order valence-corrected chi connectivity index (χ1v) is 10.0. The summed E-state index contributed by atoms with van der Waals surface area (Å²) in [6.07, 6.45) is 14.3. The zero-order valence-electron chi connectivity index (χ0n) is 13.4. The van der Waals surface area contributed by atoms with E-state index in [1.54, 1.807) is 25.7 Å². The van der Waals surface area contributed by atoms with Crippen LogP contribution >= 0.6 is 0 Å². The third-order valence-corrected chi connectivity index (χ3v) is 8.69. The second kappa shape index (κ2) is 4.98. The summed E-state index contributed by atoms with van der Waals surface area (Å²) >= 11 is 0. The normalized spacial score (nSPS) is 54.4. The van der Waals surface area contributed by atoms with Crippen molar-refractivity contribution in [1.82, 2.24) is 0 Å². The van der Waals surface area contributed by atoms with Crippen molar-refractivity contribution in [3.63, 3.8) is 0 Å². The van der Waals surface area contributed by atoms with E-state index in [-0.39, 0.29) is 0 Å². The van der Waals surface area contributed by atoms with Crippen molar-refractivity contribution in [2.24, 2.45) is 53.3 Å². The molecule has 1 heteroatoms. The number of hydrogen-bond donors (Lipinski definition) is 1. The summed E-state index contributed by atoms with van der Waals surface area (Å²) in [5.41, 5.74) is 0. The van der Waals surface area contributed by atoms with Crippen molar-refractivity contribution in [2.45, 2.75) is 64.2 Å². The zero-order chi connectivity index (χ0) is 14.0. The van der Waals surface area contributed by atoms with Crippen LogP contribution < -0.4 is 0 Å². The van der Waals surface area contributed by atoms with E-state index in [1.165, 1.54) is 79.4 Å². The van der Waals surface area contributed by atoms with E-state index < -0.39 is 0 Å². The summed E-state index contributed by atoms with van der Waals surface area (Å²) in [6.45, 7) is 0.387. The molecule has 5 saturated carbocycles. The fourth-order valence-corrected chi connectivity index (χ4v) is 7.69. The molecule has 21 heavy (non-hydrogen) atoms. The van der Waals surface area contributed by atoms with Crippen LogP contribution in [0.5, 0.6) is 0 Å². The second-order valence-electron chi connectivity index (χ2n) is 9.09. The van der Waals surface area contributed by atoms with E-state index in [0.717, 1.165) is 12.3 Å². The highest BCUT2D eigenvalue weighted by atomic mass is 16.2. The van der Waals surface area contributed by atoms with Crippen molar-refractivity contribution in [3.8, 4) is 0 Å². The summed E-state index contributed by atoms with van der Waals surface area (Å²) < 4.78 is 0. The van der Waals surface area contributed by atoms with Gasteiger partial charge in [0.1, 0.15) is 0 Å². The molecule has 5 fully saturated rings. The molecule has 9 atom stereocenters. The Morgan fingerprint density at radius 3 is 1.95 bits per heavy atom. The van der Waals surface area contributed by atoms with Gasteiger partial charge in [0, 0.05) is 6.61 Å². The van der Waals surface area contributed by atoms with Crippen LogP contribution in [0.2, 0.25) is 0 Å². The van der Waals surface area contributed by atoms with Crippen molar-refractivity contribution < 1.29 is 5.11 Å².